The quantitative estimate of drug-likeness (QED) is 0.787. The van der Waals surface area contributed by atoms with Crippen LogP contribution in [0.25, 0.3) is 0 Å². The number of ether oxygens (including phenoxy) is 1. The smallest absolute Gasteiger partial charge is 0.238 e. The predicted molar refractivity (Wildman–Crippen MR) is 108 cm³/mol. The number of carbonyl (C=O) groups excluding carboxylic acids is 2. The first kappa shape index (κ1) is 20.5. The van der Waals surface area contributed by atoms with Crippen LogP contribution in [0.2, 0.25) is 0 Å². The molecular weight excluding hydrogens is 342 g/mol. The summed E-state index contributed by atoms with van der Waals surface area (Å²) in [5.74, 6) is 0.234. The van der Waals surface area contributed by atoms with E-state index in [4.69, 9.17) is 4.74 Å². The van der Waals surface area contributed by atoms with Crippen molar-refractivity contribution in [1.29, 1.82) is 0 Å². The summed E-state index contributed by atoms with van der Waals surface area (Å²) in [6, 6.07) is 11.4. The molecule has 2 N–H and O–H groups in total. The molecule has 2 aromatic rings. The lowest BCUT2D eigenvalue weighted by molar-refractivity contribution is -0.119. The van der Waals surface area contributed by atoms with Crippen LogP contribution in [-0.2, 0) is 9.59 Å². The molecule has 2 rings (SSSR count). The summed E-state index contributed by atoms with van der Waals surface area (Å²) in [5.41, 5.74) is 4.59. The van der Waals surface area contributed by atoms with E-state index in [0.29, 0.717) is 11.4 Å². The summed E-state index contributed by atoms with van der Waals surface area (Å²) < 4.78 is 5.27. The van der Waals surface area contributed by atoms with Gasteiger partial charge in [0.2, 0.25) is 11.8 Å². The van der Waals surface area contributed by atoms with Gasteiger partial charge in [0.15, 0.2) is 0 Å². The van der Waals surface area contributed by atoms with E-state index in [0.717, 1.165) is 22.4 Å². The molecule has 0 spiro atoms. The Labute approximate surface area is 160 Å². The van der Waals surface area contributed by atoms with Crippen LogP contribution in [-0.4, -0.2) is 44.0 Å². The Bertz CT molecular complexity index is 833. The summed E-state index contributed by atoms with van der Waals surface area (Å²) in [4.78, 5) is 26.2. The number of methoxy groups -OCH3 is 1. The number of nitrogens with zero attached hydrogens (tertiary/aromatic N) is 1. The van der Waals surface area contributed by atoms with E-state index in [2.05, 4.69) is 10.6 Å². The molecule has 2 aromatic carbocycles. The third-order valence-corrected chi connectivity index (χ3v) is 4.33. The van der Waals surface area contributed by atoms with E-state index >= 15 is 0 Å². The van der Waals surface area contributed by atoms with Crippen molar-refractivity contribution in [2.45, 2.75) is 20.8 Å². The van der Waals surface area contributed by atoms with Crippen molar-refractivity contribution in [2.24, 2.45) is 0 Å². The minimum atomic E-state index is -0.207. The summed E-state index contributed by atoms with van der Waals surface area (Å²) in [6.45, 7) is 6.13. The number of hydrogen-bond donors (Lipinski definition) is 2. The SMILES string of the molecule is COc1ccc(C)cc1NC(=O)CN(C)CC(=O)Nc1cccc(C)c1C. The van der Waals surface area contributed by atoms with Crippen LogP contribution in [0.4, 0.5) is 11.4 Å². The lowest BCUT2D eigenvalue weighted by Gasteiger charge is -2.18. The molecule has 6 nitrogen and oxygen atoms in total. The lowest BCUT2D eigenvalue weighted by Crippen LogP contribution is -2.36. The van der Waals surface area contributed by atoms with E-state index in [-0.39, 0.29) is 24.9 Å². The maximum Gasteiger partial charge on any atom is 0.238 e. The molecule has 0 aliphatic rings. The maximum absolute atomic E-state index is 12.3. The highest BCUT2D eigenvalue weighted by atomic mass is 16.5. The highest BCUT2D eigenvalue weighted by molar-refractivity contribution is 5.95. The van der Waals surface area contributed by atoms with E-state index < -0.39 is 0 Å². The Kier molecular flexibility index (Phi) is 6.96. The van der Waals surface area contributed by atoms with Crippen LogP contribution in [0, 0.1) is 20.8 Å². The van der Waals surface area contributed by atoms with Gasteiger partial charge < -0.3 is 15.4 Å². The molecular formula is C21H27N3O3. The van der Waals surface area contributed by atoms with Crippen molar-refractivity contribution in [3.8, 4) is 5.75 Å². The van der Waals surface area contributed by atoms with Gasteiger partial charge in [-0.2, -0.15) is 0 Å². The molecule has 6 heteroatoms. The fourth-order valence-corrected chi connectivity index (χ4v) is 2.73. The first-order chi connectivity index (χ1) is 12.8. The number of likely N-dealkylation sites (N-methyl/N-ethyl adjacent to an activating group) is 1. The average molecular weight is 369 g/mol. The zero-order valence-corrected chi connectivity index (χ0v) is 16.6. The molecule has 0 radical (unpaired) electrons. The van der Waals surface area contributed by atoms with Crippen LogP contribution in [0.5, 0.6) is 5.75 Å². The van der Waals surface area contributed by atoms with Gasteiger partial charge in [0.05, 0.1) is 25.9 Å². The van der Waals surface area contributed by atoms with Gasteiger partial charge in [-0.25, -0.2) is 0 Å². The third-order valence-electron chi connectivity index (χ3n) is 4.33. The molecule has 0 aliphatic heterocycles. The predicted octanol–water partition coefficient (Wildman–Crippen LogP) is 3.13. The van der Waals surface area contributed by atoms with Crippen LogP contribution >= 0.6 is 0 Å². The highest BCUT2D eigenvalue weighted by Crippen LogP contribution is 2.25. The van der Waals surface area contributed by atoms with Crippen molar-refractivity contribution >= 4 is 23.2 Å². The Morgan fingerprint density at radius 1 is 0.963 bits per heavy atom. The summed E-state index contributed by atoms with van der Waals surface area (Å²) in [7, 11) is 3.29. The number of amides is 2. The van der Waals surface area contributed by atoms with Crippen molar-refractivity contribution in [3.63, 3.8) is 0 Å². The molecule has 0 atom stereocenters. The minimum Gasteiger partial charge on any atom is -0.495 e. The van der Waals surface area contributed by atoms with E-state index in [1.165, 1.54) is 0 Å². The monoisotopic (exact) mass is 369 g/mol. The van der Waals surface area contributed by atoms with Crippen LogP contribution in [0.1, 0.15) is 16.7 Å². The highest BCUT2D eigenvalue weighted by Gasteiger charge is 2.14. The Morgan fingerprint density at radius 2 is 1.59 bits per heavy atom. The van der Waals surface area contributed by atoms with E-state index in [9.17, 15) is 9.59 Å². The molecule has 0 aromatic heterocycles. The number of carbonyl (C=O) groups is 2. The number of aryl methyl sites for hydroxylation is 2. The Morgan fingerprint density at radius 3 is 2.22 bits per heavy atom. The lowest BCUT2D eigenvalue weighted by atomic mass is 10.1. The Hall–Kier alpha value is -2.86. The molecule has 144 valence electrons. The molecule has 0 heterocycles. The van der Waals surface area contributed by atoms with Gasteiger partial charge in [0.1, 0.15) is 5.75 Å². The molecule has 0 fully saturated rings. The molecule has 0 bridgehead atoms. The summed E-state index contributed by atoms with van der Waals surface area (Å²) in [5, 5.41) is 5.73. The van der Waals surface area contributed by atoms with E-state index in [1.54, 1.807) is 19.1 Å². The molecule has 0 unspecified atom stereocenters. The van der Waals surface area contributed by atoms with Gasteiger partial charge in [-0.15, -0.1) is 0 Å². The van der Waals surface area contributed by atoms with Gasteiger partial charge >= 0.3 is 0 Å². The fourth-order valence-electron chi connectivity index (χ4n) is 2.73. The molecule has 0 saturated heterocycles. The van der Waals surface area contributed by atoms with Gasteiger partial charge in [-0.3, -0.25) is 14.5 Å². The van der Waals surface area contributed by atoms with Crippen molar-refractivity contribution in [2.75, 3.05) is 37.9 Å². The number of nitrogens with one attached hydrogen (secondary N) is 2. The van der Waals surface area contributed by atoms with Gasteiger partial charge in [-0.05, 0) is 62.7 Å². The molecule has 27 heavy (non-hydrogen) atoms. The zero-order chi connectivity index (χ0) is 20.0. The Balaban J connectivity index is 1.90. The number of anilines is 2. The van der Waals surface area contributed by atoms with Gasteiger partial charge in [0, 0.05) is 5.69 Å². The van der Waals surface area contributed by atoms with Crippen molar-refractivity contribution < 1.29 is 14.3 Å². The normalized spacial score (nSPS) is 10.6. The minimum absolute atomic E-state index is 0.0946. The number of rotatable bonds is 7. The van der Waals surface area contributed by atoms with Crippen LogP contribution in [0.3, 0.4) is 0 Å². The molecule has 0 aliphatic carbocycles. The topological polar surface area (TPSA) is 70.7 Å². The second-order valence-corrected chi connectivity index (χ2v) is 6.72. The first-order valence-corrected chi connectivity index (χ1v) is 8.79. The largest absolute Gasteiger partial charge is 0.495 e. The second kappa shape index (κ2) is 9.19. The summed E-state index contributed by atoms with van der Waals surface area (Å²) in [6.07, 6.45) is 0. The van der Waals surface area contributed by atoms with Crippen molar-refractivity contribution in [3.05, 3.63) is 53.1 Å². The third kappa shape index (κ3) is 5.82. The van der Waals surface area contributed by atoms with Crippen LogP contribution < -0.4 is 15.4 Å². The fraction of sp³-hybridized carbons (Fsp3) is 0.333. The number of benzene rings is 2. The maximum atomic E-state index is 12.3. The standard InChI is InChI=1S/C21H27N3O3/c1-14-9-10-19(27-5)18(11-14)23-21(26)13-24(4)12-20(25)22-17-8-6-7-15(2)16(17)3/h6-11H,12-13H2,1-5H3,(H,22,25)(H,23,26). The number of hydrogen-bond acceptors (Lipinski definition) is 4. The van der Waals surface area contributed by atoms with Gasteiger partial charge in [0.25, 0.3) is 0 Å². The zero-order valence-electron chi connectivity index (χ0n) is 16.6. The average Bonchev–Trinajstić information content (AvgIpc) is 2.58. The second-order valence-electron chi connectivity index (χ2n) is 6.72. The van der Waals surface area contributed by atoms with E-state index in [1.807, 2.05) is 57.2 Å². The summed E-state index contributed by atoms with van der Waals surface area (Å²) >= 11 is 0. The first-order valence-electron chi connectivity index (χ1n) is 8.79. The molecule has 0 saturated carbocycles. The van der Waals surface area contributed by atoms with Crippen LogP contribution in [0.15, 0.2) is 36.4 Å². The van der Waals surface area contributed by atoms with Gasteiger partial charge in [-0.1, -0.05) is 18.2 Å². The molecule has 2 amide bonds. The van der Waals surface area contributed by atoms with Crippen molar-refractivity contribution in [1.82, 2.24) is 4.90 Å².